The minimum atomic E-state index is -0.468. The Morgan fingerprint density at radius 3 is 2.69 bits per heavy atom. The van der Waals surface area contributed by atoms with Gasteiger partial charge in [0, 0.05) is 0 Å². The summed E-state index contributed by atoms with van der Waals surface area (Å²) in [7, 11) is 0. The van der Waals surface area contributed by atoms with E-state index in [0.717, 1.165) is 31.5 Å². The van der Waals surface area contributed by atoms with Crippen molar-refractivity contribution in [1.29, 1.82) is 0 Å². The second-order valence-corrected chi connectivity index (χ2v) is 5.08. The van der Waals surface area contributed by atoms with Crippen LogP contribution in [0.5, 0.6) is 5.75 Å². The second-order valence-electron chi connectivity index (χ2n) is 4.28. The van der Waals surface area contributed by atoms with E-state index < -0.39 is 5.82 Å². The minimum absolute atomic E-state index is 0.221. The normalized spacial score (nSPS) is 17.7. The molecule has 2 rings (SSSR count). The zero-order valence-corrected chi connectivity index (χ0v) is 10.8. The van der Waals surface area contributed by atoms with Gasteiger partial charge in [0.1, 0.15) is 0 Å². The van der Waals surface area contributed by atoms with E-state index in [2.05, 4.69) is 21.2 Å². The van der Waals surface area contributed by atoms with Gasteiger partial charge in [-0.15, -0.1) is 0 Å². The molecule has 0 aliphatic carbocycles. The fourth-order valence-electron chi connectivity index (χ4n) is 2.21. The maximum atomic E-state index is 13.9. The van der Waals surface area contributed by atoms with Crippen molar-refractivity contribution in [3.8, 4) is 5.75 Å². The number of hydrogen-bond donors (Lipinski definition) is 2. The monoisotopic (exact) mass is 287 g/mol. The van der Waals surface area contributed by atoms with Gasteiger partial charge in [0.05, 0.1) is 4.47 Å². The third-order valence-electron chi connectivity index (χ3n) is 3.17. The Hall–Kier alpha value is -0.610. The summed E-state index contributed by atoms with van der Waals surface area (Å²) < 4.78 is 14.4. The van der Waals surface area contributed by atoms with E-state index in [9.17, 15) is 9.50 Å². The molecule has 0 unspecified atom stereocenters. The number of aryl methyl sites for hydroxylation is 1. The lowest BCUT2D eigenvalue weighted by atomic mass is 9.89. The van der Waals surface area contributed by atoms with Gasteiger partial charge in [-0.1, -0.05) is 6.07 Å². The summed E-state index contributed by atoms with van der Waals surface area (Å²) in [4.78, 5) is 0. The lowest BCUT2D eigenvalue weighted by molar-refractivity contribution is 0.405. The Morgan fingerprint density at radius 1 is 1.44 bits per heavy atom. The number of nitrogens with one attached hydrogen (secondary N) is 1. The average Bonchev–Trinajstić information content (AvgIpc) is 2.32. The predicted molar refractivity (Wildman–Crippen MR) is 65.3 cm³/mol. The molecule has 1 aromatic rings. The number of benzene rings is 1. The molecule has 1 aromatic carbocycles. The number of hydrogen-bond acceptors (Lipinski definition) is 2. The molecule has 2 N–H and O–H groups in total. The van der Waals surface area contributed by atoms with E-state index in [4.69, 9.17) is 0 Å². The van der Waals surface area contributed by atoms with E-state index >= 15 is 0 Å². The first-order chi connectivity index (χ1) is 7.61. The van der Waals surface area contributed by atoms with Crippen LogP contribution in [0.1, 0.15) is 29.9 Å². The Morgan fingerprint density at radius 2 is 2.06 bits per heavy atom. The standard InChI is InChI=1S/C12H15BrFNO/c1-7-6-9(8-2-4-15-5-3-8)11(14)12(16)10(7)13/h6,8,15-16H,2-5H2,1H3. The highest BCUT2D eigenvalue weighted by Crippen LogP contribution is 2.37. The molecule has 0 spiro atoms. The van der Waals surface area contributed by atoms with Crippen LogP contribution in [0, 0.1) is 12.7 Å². The third-order valence-corrected chi connectivity index (χ3v) is 4.17. The van der Waals surface area contributed by atoms with Gasteiger partial charge in [-0.25, -0.2) is 4.39 Å². The quantitative estimate of drug-likeness (QED) is 0.832. The van der Waals surface area contributed by atoms with Crippen LogP contribution in [-0.4, -0.2) is 18.2 Å². The summed E-state index contributed by atoms with van der Waals surface area (Å²) in [6.07, 6.45) is 1.86. The maximum absolute atomic E-state index is 13.9. The molecule has 0 radical (unpaired) electrons. The first-order valence-corrected chi connectivity index (χ1v) is 6.28. The molecule has 1 fully saturated rings. The van der Waals surface area contributed by atoms with Crippen LogP contribution in [0.2, 0.25) is 0 Å². The Labute approximate surface area is 103 Å². The van der Waals surface area contributed by atoms with Crippen LogP contribution < -0.4 is 5.32 Å². The van der Waals surface area contributed by atoms with Crippen molar-refractivity contribution in [3.63, 3.8) is 0 Å². The molecule has 1 aliphatic rings. The smallest absolute Gasteiger partial charge is 0.169 e. The minimum Gasteiger partial charge on any atom is -0.504 e. The molecule has 88 valence electrons. The van der Waals surface area contributed by atoms with Crippen LogP contribution >= 0.6 is 15.9 Å². The molecule has 1 heterocycles. The summed E-state index contributed by atoms with van der Waals surface area (Å²) in [6, 6.07) is 1.84. The van der Waals surface area contributed by atoms with Gasteiger partial charge in [0.2, 0.25) is 0 Å². The van der Waals surface area contributed by atoms with E-state index in [1.54, 1.807) is 0 Å². The van der Waals surface area contributed by atoms with Crippen LogP contribution in [-0.2, 0) is 0 Å². The summed E-state index contributed by atoms with van der Waals surface area (Å²) in [5, 5.41) is 12.9. The predicted octanol–water partition coefficient (Wildman–Crippen LogP) is 3.07. The van der Waals surface area contributed by atoms with Crippen LogP contribution in [0.15, 0.2) is 10.5 Å². The largest absolute Gasteiger partial charge is 0.504 e. The molecule has 0 atom stereocenters. The molecule has 1 aliphatic heterocycles. The average molecular weight is 288 g/mol. The van der Waals surface area contributed by atoms with Gasteiger partial charge < -0.3 is 10.4 Å². The van der Waals surface area contributed by atoms with E-state index in [0.29, 0.717) is 10.0 Å². The van der Waals surface area contributed by atoms with Crippen molar-refractivity contribution in [2.45, 2.75) is 25.7 Å². The molecular weight excluding hydrogens is 273 g/mol. The molecule has 0 amide bonds. The van der Waals surface area contributed by atoms with Crippen molar-refractivity contribution in [2.24, 2.45) is 0 Å². The van der Waals surface area contributed by atoms with Gasteiger partial charge in [-0.2, -0.15) is 0 Å². The first-order valence-electron chi connectivity index (χ1n) is 5.49. The third kappa shape index (κ3) is 2.09. The SMILES string of the molecule is Cc1cc(C2CCNCC2)c(F)c(O)c1Br. The van der Waals surface area contributed by atoms with Gasteiger partial charge >= 0.3 is 0 Å². The van der Waals surface area contributed by atoms with Crippen LogP contribution in [0.4, 0.5) is 4.39 Å². The zero-order chi connectivity index (χ0) is 11.7. The van der Waals surface area contributed by atoms with E-state index in [-0.39, 0.29) is 11.7 Å². The maximum Gasteiger partial charge on any atom is 0.169 e. The summed E-state index contributed by atoms with van der Waals surface area (Å²) >= 11 is 3.19. The highest BCUT2D eigenvalue weighted by atomic mass is 79.9. The first kappa shape index (κ1) is 11.9. The molecule has 1 saturated heterocycles. The van der Waals surface area contributed by atoms with Gasteiger partial charge in [-0.3, -0.25) is 0 Å². The zero-order valence-electron chi connectivity index (χ0n) is 9.19. The van der Waals surface area contributed by atoms with Crippen molar-refractivity contribution in [1.82, 2.24) is 5.32 Å². The van der Waals surface area contributed by atoms with Crippen molar-refractivity contribution in [2.75, 3.05) is 13.1 Å². The number of aromatic hydroxyl groups is 1. The van der Waals surface area contributed by atoms with Crippen LogP contribution in [0.3, 0.4) is 0 Å². The number of phenolic OH excluding ortho intramolecular Hbond substituents is 1. The number of halogens is 2. The Kier molecular flexibility index (Phi) is 3.50. The molecule has 0 bridgehead atoms. The molecular formula is C12H15BrFNO. The van der Waals surface area contributed by atoms with E-state index in [1.165, 1.54) is 0 Å². The molecule has 0 saturated carbocycles. The molecule has 0 aromatic heterocycles. The molecule has 2 nitrogen and oxygen atoms in total. The Bertz CT molecular complexity index is 402. The van der Waals surface area contributed by atoms with Gasteiger partial charge in [0.15, 0.2) is 11.6 Å². The van der Waals surface area contributed by atoms with E-state index in [1.807, 2.05) is 13.0 Å². The second kappa shape index (κ2) is 4.72. The number of piperidine rings is 1. The van der Waals surface area contributed by atoms with Crippen LogP contribution in [0.25, 0.3) is 0 Å². The lowest BCUT2D eigenvalue weighted by Crippen LogP contribution is -2.27. The molecule has 4 heteroatoms. The highest BCUT2D eigenvalue weighted by Gasteiger charge is 2.22. The van der Waals surface area contributed by atoms with Gasteiger partial charge in [0.25, 0.3) is 0 Å². The highest BCUT2D eigenvalue weighted by molar-refractivity contribution is 9.10. The summed E-state index contributed by atoms with van der Waals surface area (Å²) in [6.45, 7) is 3.70. The fraction of sp³-hybridized carbons (Fsp3) is 0.500. The molecule has 16 heavy (non-hydrogen) atoms. The van der Waals surface area contributed by atoms with Gasteiger partial charge in [-0.05, 0) is 65.8 Å². The summed E-state index contributed by atoms with van der Waals surface area (Å²) in [5.74, 6) is -0.503. The lowest BCUT2D eigenvalue weighted by Gasteiger charge is -2.24. The number of rotatable bonds is 1. The fourth-order valence-corrected chi connectivity index (χ4v) is 2.50. The number of phenols is 1. The summed E-state index contributed by atoms with van der Waals surface area (Å²) in [5.41, 5.74) is 1.53. The van der Waals surface area contributed by atoms with Crippen molar-refractivity contribution in [3.05, 3.63) is 27.5 Å². The van der Waals surface area contributed by atoms with Crippen molar-refractivity contribution >= 4 is 15.9 Å². The topological polar surface area (TPSA) is 32.3 Å². The van der Waals surface area contributed by atoms with Crippen molar-refractivity contribution < 1.29 is 9.50 Å². The Balaban J connectivity index is 2.40.